The molecule has 1 atom stereocenters. The lowest BCUT2D eigenvalue weighted by Gasteiger charge is -2.18. The molecule has 0 fully saturated rings. The zero-order valence-electron chi connectivity index (χ0n) is 8.74. The fourth-order valence-corrected chi connectivity index (χ4v) is 0.322. The van der Waals surface area contributed by atoms with Gasteiger partial charge in [0.2, 0.25) is 0 Å². The van der Waals surface area contributed by atoms with Crippen LogP contribution < -0.4 is 0 Å². The molecule has 0 saturated carbocycles. The number of carbonyl (C=O) groups is 1. The second-order valence-electron chi connectivity index (χ2n) is 2.65. The summed E-state index contributed by atoms with van der Waals surface area (Å²) in [4.78, 5) is 12.4. The van der Waals surface area contributed by atoms with Gasteiger partial charge in [-0.15, -0.1) is 0 Å². The third kappa shape index (κ3) is 19.4. The number of hydrogen-bond donors (Lipinski definition) is 2. The monoisotopic (exact) mass is 241 g/mol. The van der Waals surface area contributed by atoms with Crippen LogP contribution in [0.1, 0.15) is 6.92 Å². The van der Waals surface area contributed by atoms with Crippen molar-refractivity contribution in [3.05, 3.63) is 12.7 Å². The predicted molar refractivity (Wildman–Crippen MR) is 53.6 cm³/mol. The predicted octanol–water partition coefficient (Wildman–Crippen LogP) is -0.0296. The fraction of sp³-hybridized carbons (Fsp3) is 0.571. The van der Waals surface area contributed by atoms with Gasteiger partial charge in [-0.1, -0.05) is 6.58 Å². The highest BCUT2D eigenvalue weighted by atomic mass is 32.3. The Morgan fingerprint density at radius 3 is 2.00 bits per heavy atom. The van der Waals surface area contributed by atoms with Crippen LogP contribution in [-0.2, 0) is 19.9 Å². The summed E-state index contributed by atoms with van der Waals surface area (Å²) >= 11 is 0. The minimum atomic E-state index is -4.67. The lowest BCUT2D eigenvalue weighted by molar-refractivity contribution is -0.149. The first kappa shape index (κ1) is 16.5. The summed E-state index contributed by atoms with van der Waals surface area (Å²) in [6, 6.07) is 0. The van der Waals surface area contributed by atoms with Crippen molar-refractivity contribution >= 4 is 16.4 Å². The van der Waals surface area contributed by atoms with Crippen molar-refractivity contribution in [2.45, 2.75) is 13.2 Å². The van der Waals surface area contributed by atoms with Crippen molar-refractivity contribution < 1.29 is 27.1 Å². The van der Waals surface area contributed by atoms with E-state index in [2.05, 4.69) is 6.58 Å². The van der Waals surface area contributed by atoms with E-state index in [4.69, 9.17) is 22.3 Å². The fourth-order valence-electron chi connectivity index (χ4n) is 0.322. The van der Waals surface area contributed by atoms with E-state index in [-0.39, 0.29) is 12.2 Å². The van der Waals surface area contributed by atoms with Crippen LogP contribution in [0, 0.1) is 0 Å². The number of rotatable bonds is 3. The van der Waals surface area contributed by atoms with E-state index in [1.807, 2.05) is 14.1 Å². The highest BCUT2D eigenvalue weighted by Gasteiger charge is 2.06. The second kappa shape index (κ2) is 7.35. The molecule has 1 unspecified atom stereocenters. The summed E-state index contributed by atoms with van der Waals surface area (Å²) in [6.45, 7) is 5.07. The van der Waals surface area contributed by atoms with Crippen molar-refractivity contribution in [3.63, 3.8) is 0 Å². The molecule has 0 amide bonds. The van der Waals surface area contributed by atoms with Gasteiger partial charge in [0.15, 0.2) is 6.23 Å². The number of esters is 1. The Labute approximate surface area is 88.9 Å². The van der Waals surface area contributed by atoms with Gasteiger partial charge in [0.05, 0.1) is 0 Å². The van der Waals surface area contributed by atoms with Gasteiger partial charge in [0, 0.05) is 6.08 Å². The maximum Gasteiger partial charge on any atom is 0.394 e. The lowest BCUT2D eigenvalue weighted by Crippen LogP contribution is -2.29. The molecule has 0 aromatic carbocycles. The SMILES string of the molecule is C=CC(=O)OC(C)N(C)C.O=S(=O)(O)O. The van der Waals surface area contributed by atoms with Crippen LogP contribution in [0.4, 0.5) is 0 Å². The first-order valence-corrected chi connectivity index (χ1v) is 5.17. The Morgan fingerprint density at radius 2 is 1.80 bits per heavy atom. The molecule has 0 bridgehead atoms. The molecule has 0 spiro atoms. The molecule has 0 aromatic rings. The summed E-state index contributed by atoms with van der Waals surface area (Å²) in [7, 11) is -0.998. The summed E-state index contributed by atoms with van der Waals surface area (Å²) in [6.07, 6.45) is 0.963. The molecule has 0 saturated heterocycles. The zero-order valence-corrected chi connectivity index (χ0v) is 9.56. The van der Waals surface area contributed by atoms with Gasteiger partial charge in [-0.05, 0) is 21.0 Å². The molecule has 0 aliphatic carbocycles. The van der Waals surface area contributed by atoms with Crippen molar-refractivity contribution in [2.24, 2.45) is 0 Å². The lowest BCUT2D eigenvalue weighted by atomic mass is 10.6. The average Bonchev–Trinajstić information content (AvgIpc) is 2.00. The molecule has 0 aliphatic heterocycles. The number of carbonyl (C=O) groups excluding carboxylic acids is 1. The average molecular weight is 241 g/mol. The van der Waals surface area contributed by atoms with Crippen LogP contribution in [0.2, 0.25) is 0 Å². The smallest absolute Gasteiger partial charge is 0.394 e. The summed E-state index contributed by atoms with van der Waals surface area (Å²) < 4.78 is 36.4. The van der Waals surface area contributed by atoms with E-state index in [1.54, 1.807) is 11.8 Å². The van der Waals surface area contributed by atoms with Gasteiger partial charge < -0.3 is 4.74 Å². The highest BCUT2D eigenvalue weighted by Crippen LogP contribution is 1.94. The van der Waals surface area contributed by atoms with Crippen LogP contribution in [0.3, 0.4) is 0 Å². The largest absolute Gasteiger partial charge is 0.444 e. The van der Waals surface area contributed by atoms with Crippen molar-refractivity contribution in [1.29, 1.82) is 0 Å². The minimum Gasteiger partial charge on any atom is -0.444 e. The highest BCUT2D eigenvalue weighted by molar-refractivity contribution is 7.79. The van der Waals surface area contributed by atoms with E-state index >= 15 is 0 Å². The number of ether oxygens (including phenoxy) is 1. The molecule has 2 N–H and O–H groups in total. The van der Waals surface area contributed by atoms with Crippen molar-refractivity contribution in [3.8, 4) is 0 Å². The van der Waals surface area contributed by atoms with Crippen LogP contribution in [0.25, 0.3) is 0 Å². The maximum atomic E-state index is 10.6. The van der Waals surface area contributed by atoms with E-state index < -0.39 is 10.4 Å². The van der Waals surface area contributed by atoms with Crippen LogP contribution in [0.5, 0.6) is 0 Å². The second-order valence-corrected chi connectivity index (χ2v) is 3.55. The van der Waals surface area contributed by atoms with E-state index in [9.17, 15) is 4.79 Å². The molecular weight excluding hydrogens is 226 g/mol. The molecular formula is C7H15NO6S. The normalized spacial score (nSPS) is 12.4. The summed E-state index contributed by atoms with van der Waals surface area (Å²) in [5.41, 5.74) is 0. The molecule has 15 heavy (non-hydrogen) atoms. The Bertz CT molecular complexity index is 289. The summed E-state index contributed by atoms with van der Waals surface area (Å²) in [5, 5.41) is 0. The molecule has 7 nitrogen and oxygen atoms in total. The number of nitrogens with zero attached hydrogens (tertiary/aromatic N) is 1. The van der Waals surface area contributed by atoms with Gasteiger partial charge in [-0.2, -0.15) is 8.42 Å². The Hall–Kier alpha value is -0.960. The molecule has 0 aromatic heterocycles. The Balaban J connectivity index is 0. The maximum absolute atomic E-state index is 10.6. The van der Waals surface area contributed by atoms with E-state index in [0.717, 1.165) is 6.08 Å². The number of hydrogen-bond acceptors (Lipinski definition) is 5. The van der Waals surface area contributed by atoms with E-state index in [1.165, 1.54) is 0 Å². The third-order valence-electron chi connectivity index (χ3n) is 1.18. The zero-order chi connectivity index (χ0) is 12.6. The van der Waals surface area contributed by atoms with Crippen LogP contribution in [0.15, 0.2) is 12.7 Å². The van der Waals surface area contributed by atoms with Gasteiger partial charge in [0.25, 0.3) is 0 Å². The molecule has 0 radical (unpaired) electrons. The third-order valence-corrected chi connectivity index (χ3v) is 1.18. The van der Waals surface area contributed by atoms with Crippen LogP contribution >= 0.6 is 0 Å². The molecule has 0 heterocycles. The van der Waals surface area contributed by atoms with Gasteiger partial charge in [0.1, 0.15) is 0 Å². The quantitative estimate of drug-likeness (QED) is 0.309. The van der Waals surface area contributed by atoms with Crippen molar-refractivity contribution in [1.82, 2.24) is 4.90 Å². The molecule has 90 valence electrons. The topological polar surface area (TPSA) is 104 Å². The molecule has 0 rings (SSSR count). The Kier molecular flexibility index (Phi) is 8.07. The molecule has 0 aliphatic rings. The minimum absolute atomic E-state index is 0.189. The summed E-state index contributed by atoms with van der Waals surface area (Å²) in [5.74, 6) is -0.388. The van der Waals surface area contributed by atoms with Crippen molar-refractivity contribution in [2.75, 3.05) is 14.1 Å². The van der Waals surface area contributed by atoms with Gasteiger partial charge in [-0.25, -0.2) is 4.79 Å². The van der Waals surface area contributed by atoms with E-state index in [0.29, 0.717) is 0 Å². The van der Waals surface area contributed by atoms with Gasteiger partial charge >= 0.3 is 16.4 Å². The molecule has 8 heteroatoms. The first-order chi connectivity index (χ1) is 6.57. The standard InChI is InChI=1S/C7H13NO2.H2O4S/c1-5-7(9)10-6(2)8(3)4;1-5(2,3)4/h5-6H,1H2,2-4H3;(H2,1,2,3,4). The van der Waals surface area contributed by atoms with Gasteiger partial charge in [-0.3, -0.25) is 14.0 Å². The first-order valence-electron chi connectivity index (χ1n) is 3.77. The van der Waals surface area contributed by atoms with Crippen LogP contribution in [-0.4, -0.2) is 48.7 Å². The Morgan fingerprint density at radius 1 is 1.47 bits per heavy atom.